The maximum absolute atomic E-state index is 5.86. The summed E-state index contributed by atoms with van der Waals surface area (Å²) in [5.74, 6) is 0. The van der Waals surface area contributed by atoms with Crippen molar-refractivity contribution in [2.24, 2.45) is 5.73 Å². The Morgan fingerprint density at radius 1 is 1.40 bits per heavy atom. The zero-order chi connectivity index (χ0) is 10.8. The predicted molar refractivity (Wildman–Crippen MR) is 63.9 cm³/mol. The van der Waals surface area contributed by atoms with Gasteiger partial charge < -0.3 is 5.73 Å². The Balaban J connectivity index is 2.00. The lowest BCUT2D eigenvalue weighted by atomic mass is 10.0. The van der Waals surface area contributed by atoms with Crippen LogP contribution in [0.1, 0.15) is 33.1 Å². The molecule has 0 radical (unpaired) electrons. The molecule has 88 valence electrons. The van der Waals surface area contributed by atoms with Crippen molar-refractivity contribution in [3.63, 3.8) is 0 Å². The second-order valence-corrected chi connectivity index (χ2v) is 5.13. The van der Waals surface area contributed by atoms with Gasteiger partial charge >= 0.3 is 0 Å². The fourth-order valence-corrected chi connectivity index (χ4v) is 3.26. The predicted octanol–water partition coefficient (Wildman–Crippen LogP) is 0.892. The van der Waals surface area contributed by atoms with Gasteiger partial charge in [0.2, 0.25) is 0 Å². The molecule has 2 fully saturated rings. The Bertz CT molecular complexity index is 203. The zero-order valence-corrected chi connectivity index (χ0v) is 10.2. The Morgan fingerprint density at radius 2 is 2.20 bits per heavy atom. The molecule has 3 nitrogen and oxygen atoms in total. The highest BCUT2D eigenvalue weighted by atomic mass is 15.3. The van der Waals surface area contributed by atoms with Crippen LogP contribution in [0, 0.1) is 0 Å². The van der Waals surface area contributed by atoms with E-state index >= 15 is 0 Å². The number of hydrogen-bond acceptors (Lipinski definition) is 3. The van der Waals surface area contributed by atoms with Crippen molar-refractivity contribution >= 4 is 0 Å². The zero-order valence-electron chi connectivity index (χ0n) is 10.2. The normalized spacial score (nSPS) is 35.4. The summed E-state index contributed by atoms with van der Waals surface area (Å²) < 4.78 is 0. The van der Waals surface area contributed by atoms with E-state index in [-0.39, 0.29) is 0 Å². The van der Waals surface area contributed by atoms with Crippen molar-refractivity contribution in [3.05, 3.63) is 0 Å². The number of nitrogens with zero attached hydrogens (tertiary/aromatic N) is 2. The Kier molecular flexibility index (Phi) is 3.65. The molecule has 2 aliphatic heterocycles. The largest absolute Gasteiger partial charge is 0.329 e. The molecule has 2 saturated heterocycles. The lowest BCUT2D eigenvalue weighted by Crippen LogP contribution is -2.59. The molecular weight excluding hydrogens is 186 g/mol. The standard InChI is InChI=1S/C12H25N3/c1-3-11(7-13)15-9-12-5-4-6-14(12)8-10(15)2/h10-12H,3-9,13H2,1-2H3. The minimum Gasteiger partial charge on any atom is -0.329 e. The molecule has 2 rings (SSSR count). The average Bonchev–Trinajstić information content (AvgIpc) is 2.67. The molecule has 0 spiro atoms. The quantitative estimate of drug-likeness (QED) is 0.752. The van der Waals surface area contributed by atoms with E-state index in [2.05, 4.69) is 23.6 Å². The van der Waals surface area contributed by atoms with Crippen LogP contribution in [0.3, 0.4) is 0 Å². The van der Waals surface area contributed by atoms with Crippen molar-refractivity contribution in [3.8, 4) is 0 Å². The maximum Gasteiger partial charge on any atom is 0.0224 e. The third-order valence-electron chi connectivity index (χ3n) is 4.20. The highest BCUT2D eigenvalue weighted by Crippen LogP contribution is 2.26. The van der Waals surface area contributed by atoms with Gasteiger partial charge in [-0.25, -0.2) is 0 Å². The molecule has 2 aliphatic rings. The lowest BCUT2D eigenvalue weighted by Gasteiger charge is -2.45. The van der Waals surface area contributed by atoms with Crippen LogP contribution in [0.2, 0.25) is 0 Å². The fraction of sp³-hybridized carbons (Fsp3) is 1.00. The molecule has 3 atom stereocenters. The molecule has 0 bridgehead atoms. The van der Waals surface area contributed by atoms with Crippen LogP contribution in [0.5, 0.6) is 0 Å². The van der Waals surface area contributed by atoms with Crippen LogP contribution in [-0.2, 0) is 0 Å². The summed E-state index contributed by atoms with van der Waals surface area (Å²) in [5.41, 5.74) is 5.86. The fourth-order valence-electron chi connectivity index (χ4n) is 3.26. The minimum atomic E-state index is 0.600. The molecule has 2 N–H and O–H groups in total. The SMILES string of the molecule is CCC(CN)N1CC2CCCN2CC1C. The summed E-state index contributed by atoms with van der Waals surface area (Å²) >= 11 is 0. The average molecular weight is 211 g/mol. The summed E-state index contributed by atoms with van der Waals surface area (Å²) in [4.78, 5) is 5.32. The molecule has 0 saturated carbocycles. The van der Waals surface area contributed by atoms with E-state index in [1.807, 2.05) is 0 Å². The van der Waals surface area contributed by atoms with Gasteiger partial charge in [0, 0.05) is 37.8 Å². The summed E-state index contributed by atoms with van der Waals surface area (Å²) in [5, 5.41) is 0. The minimum absolute atomic E-state index is 0.600. The molecule has 0 aromatic carbocycles. The van der Waals surface area contributed by atoms with Crippen molar-refractivity contribution in [2.75, 3.05) is 26.2 Å². The van der Waals surface area contributed by atoms with E-state index in [9.17, 15) is 0 Å². The molecule has 0 amide bonds. The first kappa shape index (κ1) is 11.4. The summed E-state index contributed by atoms with van der Waals surface area (Å²) in [6.45, 7) is 9.24. The molecule has 15 heavy (non-hydrogen) atoms. The highest BCUT2D eigenvalue weighted by Gasteiger charge is 2.36. The Hall–Kier alpha value is -0.120. The van der Waals surface area contributed by atoms with Gasteiger partial charge in [0.25, 0.3) is 0 Å². The van der Waals surface area contributed by atoms with Gasteiger partial charge in [-0.1, -0.05) is 6.92 Å². The lowest BCUT2D eigenvalue weighted by molar-refractivity contribution is 0.0291. The maximum atomic E-state index is 5.86. The highest BCUT2D eigenvalue weighted by molar-refractivity contribution is 4.93. The van der Waals surface area contributed by atoms with Gasteiger partial charge in [0.1, 0.15) is 0 Å². The smallest absolute Gasteiger partial charge is 0.0224 e. The van der Waals surface area contributed by atoms with Crippen molar-refractivity contribution in [1.82, 2.24) is 9.80 Å². The second-order valence-electron chi connectivity index (χ2n) is 5.13. The van der Waals surface area contributed by atoms with Gasteiger partial charge in [-0.2, -0.15) is 0 Å². The number of nitrogens with two attached hydrogens (primary N) is 1. The first-order valence-electron chi connectivity index (χ1n) is 6.46. The monoisotopic (exact) mass is 211 g/mol. The molecule has 3 unspecified atom stereocenters. The number of fused-ring (bicyclic) bond motifs is 1. The van der Waals surface area contributed by atoms with E-state index in [4.69, 9.17) is 5.73 Å². The Morgan fingerprint density at radius 3 is 2.87 bits per heavy atom. The summed E-state index contributed by atoms with van der Waals surface area (Å²) in [7, 11) is 0. The van der Waals surface area contributed by atoms with E-state index in [1.165, 1.54) is 38.9 Å². The van der Waals surface area contributed by atoms with Crippen LogP contribution in [0.25, 0.3) is 0 Å². The van der Waals surface area contributed by atoms with Crippen molar-refractivity contribution in [2.45, 2.75) is 51.2 Å². The van der Waals surface area contributed by atoms with Crippen LogP contribution in [0.15, 0.2) is 0 Å². The van der Waals surface area contributed by atoms with Crippen LogP contribution in [0.4, 0.5) is 0 Å². The van der Waals surface area contributed by atoms with Crippen LogP contribution in [-0.4, -0.2) is 54.1 Å². The first-order chi connectivity index (χ1) is 7.26. The molecular formula is C12H25N3. The number of rotatable bonds is 3. The van der Waals surface area contributed by atoms with Crippen LogP contribution >= 0.6 is 0 Å². The van der Waals surface area contributed by atoms with Gasteiger partial charge in [-0.3, -0.25) is 9.80 Å². The van der Waals surface area contributed by atoms with E-state index in [0.717, 1.165) is 12.6 Å². The summed E-state index contributed by atoms with van der Waals surface area (Å²) in [6.07, 6.45) is 3.97. The molecule has 3 heteroatoms. The molecule has 2 heterocycles. The third kappa shape index (κ3) is 2.19. The van der Waals surface area contributed by atoms with Crippen molar-refractivity contribution < 1.29 is 0 Å². The van der Waals surface area contributed by atoms with E-state index in [0.29, 0.717) is 12.1 Å². The number of hydrogen-bond donors (Lipinski definition) is 1. The topological polar surface area (TPSA) is 32.5 Å². The second kappa shape index (κ2) is 4.81. The van der Waals surface area contributed by atoms with Crippen molar-refractivity contribution in [1.29, 1.82) is 0 Å². The van der Waals surface area contributed by atoms with Gasteiger partial charge in [0.05, 0.1) is 0 Å². The number of piperazine rings is 1. The first-order valence-corrected chi connectivity index (χ1v) is 6.46. The molecule has 0 aromatic heterocycles. The Labute approximate surface area is 93.6 Å². The summed E-state index contributed by atoms with van der Waals surface area (Å²) in [6, 6.07) is 2.11. The van der Waals surface area contributed by atoms with Gasteiger partial charge in [0.15, 0.2) is 0 Å². The van der Waals surface area contributed by atoms with Gasteiger partial charge in [-0.15, -0.1) is 0 Å². The van der Waals surface area contributed by atoms with E-state index < -0.39 is 0 Å². The molecule has 0 aliphatic carbocycles. The third-order valence-corrected chi connectivity index (χ3v) is 4.20. The van der Waals surface area contributed by atoms with Crippen LogP contribution < -0.4 is 5.73 Å². The molecule has 0 aromatic rings. The van der Waals surface area contributed by atoms with E-state index in [1.54, 1.807) is 0 Å². The van der Waals surface area contributed by atoms with Gasteiger partial charge in [-0.05, 0) is 32.7 Å².